The van der Waals surface area contributed by atoms with Gasteiger partial charge < -0.3 is 16.4 Å². The lowest BCUT2D eigenvalue weighted by Gasteiger charge is -2.13. The van der Waals surface area contributed by atoms with Crippen molar-refractivity contribution >= 4 is 58.6 Å². The minimum atomic E-state index is -0.549. The summed E-state index contributed by atoms with van der Waals surface area (Å²) in [7, 11) is 0. The number of halogens is 2. The van der Waals surface area contributed by atoms with Crippen molar-refractivity contribution in [1.29, 1.82) is 0 Å². The van der Waals surface area contributed by atoms with Gasteiger partial charge in [0, 0.05) is 45.2 Å². The SMILES string of the molecule is Cc1sc2c(c1C)C(c1ccc(Cl)cc1)=N[C@@H](CC(=O)NCCCC(=O)Nc1ccc(C#CCN)cc1)c1nnc(C)n1-2.Cl. The minimum Gasteiger partial charge on any atom is -0.356 e. The first kappa shape index (κ1) is 32.9. The first-order valence-electron chi connectivity index (χ1n) is 14.0. The fraction of sp³-hybridized carbons (Fsp3) is 0.281. The molecule has 4 N–H and O–H groups in total. The van der Waals surface area contributed by atoms with Gasteiger partial charge in [0.2, 0.25) is 11.8 Å². The number of rotatable bonds is 8. The lowest BCUT2D eigenvalue weighted by atomic mass is 9.99. The van der Waals surface area contributed by atoms with Crippen molar-refractivity contribution in [3.63, 3.8) is 0 Å². The van der Waals surface area contributed by atoms with Crippen LogP contribution in [-0.2, 0) is 9.59 Å². The molecule has 0 radical (unpaired) electrons. The van der Waals surface area contributed by atoms with Gasteiger partial charge in [-0.25, -0.2) is 0 Å². The summed E-state index contributed by atoms with van der Waals surface area (Å²) in [5, 5.41) is 16.2. The van der Waals surface area contributed by atoms with Gasteiger partial charge in [-0.2, -0.15) is 0 Å². The van der Waals surface area contributed by atoms with Gasteiger partial charge in [0.05, 0.1) is 18.7 Å². The molecule has 0 fully saturated rings. The zero-order valence-corrected chi connectivity index (χ0v) is 27.0. The Kier molecular flexibility index (Phi) is 10.9. The maximum atomic E-state index is 13.1. The van der Waals surface area contributed by atoms with E-state index >= 15 is 0 Å². The first-order chi connectivity index (χ1) is 20.7. The van der Waals surface area contributed by atoms with Crippen LogP contribution in [0.5, 0.6) is 0 Å². The molecule has 3 heterocycles. The number of amides is 2. The normalized spacial score (nSPS) is 13.3. The van der Waals surface area contributed by atoms with E-state index in [1.54, 1.807) is 23.5 Å². The Morgan fingerprint density at radius 1 is 1.05 bits per heavy atom. The largest absolute Gasteiger partial charge is 0.356 e. The second-order valence-corrected chi connectivity index (χ2v) is 11.8. The maximum Gasteiger partial charge on any atom is 0.224 e. The summed E-state index contributed by atoms with van der Waals surface area (Å²) in [6.45, 7) is 6.74. The number of benzene rings is 2. The van der Waals surface area contributed by atoms with Crippen molar-refractivity contribution in [3.8, 4) is 16.8 Å². The first-order valence-corrected chi connectivity index (χ1v) is 15.2. The summed E-state index contributed by atoms with van der Waals surface area (Å²) < 4.78 is 2.02. The fourth-order valence-electron chi connectivity index (χ4n) is 4.87. The summed E-state index contributed by atoms with van der Waals surface area (Å²) in [5.41, 5.74) is 10.8. The van der Waals surface area contributed by atoms with Crippen LogP contribution in [0, 0.1) is 32.6 Å². The molecular formula is C32H33Cl2N7O2S. The number of fused-ring (bicyclic) bond motifs is 3. The maximum absolute atomic E-state index is 13.1. The van der Waals surface area contributed by atoms with Crippen LogP contribution >= 0.6 is 35.3 Å². The number of thiophene rings is 1. The molecule has 0 unspecified atom stereocenters. The lowest BCUT2D eigenvalue weighted by molar-refractivity contribution is -0.122. The van der Waals surface area contributed by atoms with Gasteiger partial charge >= 0.3 is 0 Å². The van der Waals surface area contributed by atoms with E-state index in [0.29, 0.717) is 36.0 Å². The lowest BCUT2D eigenvalue weighted by Crippen LogP contribution is -2.27. The Morgan fingerprint density at radius 2 is 1.77 bits per heavy atom. The molecule has 2 amide bonds. The van der Waals surface area contributed by atoms with Crippen molar-refractivity contribution in [1.82, 2.24) is 20.1 Å². The molecule has 0 aliphatic carbocycles. The Balaban J connectivity index is 0.00000442. The zero-order chi connectivity index (χ0) is 30.5. The summed E-state index contributed by atoms with van der Waals surface area (Å²) in [6, 6.07) is 14.3. The Morgan fingerprint density at radius 3 is 2.48 bits per heavy atom. The molecule has 2 aromatic carbocycles. The third kappa shape index (κ3) is 7.37. The number of nitrogens with zero attached hydrogens (tertiary/aromatic N) is 4. The molecule has 9 nitrogen and oxygen atoms in total. The number of carbonyl (C=O) groups is 2. The summed E-state index contributed by atoms with van der Waals surface area (Å²) in [4.78, 5) is 31.9. The highest BCUT2D eigenvalue weighted by Gasteiger charge is 2.32. The highest BCUT2D eigenvalue weighted by Crippen LogP contribution is 2.39. The second kappa shape index (κ2) is 14.6. The van der Waals surface area contributed by atoms with Crippen molar-refractivity contribution in [2.45, 2.75) is 46.1 Å². The molecule has 44 heavy (non-hydrogen) atoms. The van der Waals surface area contributed by atoms with Crippen molar-refractivity contribution in [2.75, 3.05) is 18.4 Å². The van der Waals surface area contributed by atoms with Crippen LogP contribution in [0.25, 0.3) is 5.00 Å². The van der Waals surface area contributed by atoms with Gasteiger partial charge in [-0.15, -0.1) is 33.9 Å². The van der Waals surface area contributed by atoms with E-state index in [2.05, 4.69) is 46.5 Å². The third-order valence-corrected chi connectivity index (χ3v) is 8.59. The van der Waals surface area contributed by atoms with Gasteiger partial charge in [0.25, 0.3) is 0 Å². The second-order valence-electron chi connectivity index (χ2n) is 10.2. The van der Waals surface area contributed by atoms with Crippen molar-refractivity contribution in [2.24, 2.45) is 10.7 Å². The van der Waals surface area contributed by atoms with E-state index in [1.807, 2.05) is 47.9 Å². The van der Waals surface area contributed by atoms with Gasteiger partial charge in [0.1, 0.15) is 16.9 Å². The van der Waals surface area contributed by atoms with Crippen LogP contribution in [-0.4, -0.2) is 45.4 Å². The summed E-state index contributed by atoms with van der Waals surface area (Å²) >= 11 is 7.85. The van der Waals surface area contributed by atoms with E-state index in [1.165, 1.54) is 4.88 Å². The third-order valence-electron chi connectivity index (χ3n) is 7.14. The van der Waals surface area contributed by atoms with Gasteiger partial charge in [0.15, 0.2) is 5.82 Å². The topological polar surface area (TPSA) is 127 Å². The molecule has 228 valence electrons. The molecule has 0 saturated carbocycles. The van der Waals surface area contributed by atoms with Crippen molar-refractivity contribution < 1.29 is 9.59 Å². The number of aryl methyl sites for hydroxylation is 2. The smallest absolute Gasteiger partial charge is 0.224 e. The van der Waals surface area contributed by atoms with E-state index in [0.717, 1.165) is 38.8 Å². The van der Waals surface area contributed by atoms with E-state index in [9.17, 15) is 9.59 Å². The number of nitrogens with one attached hydrogen (secondary N) is 2. The van der Waals surface area contributed by atoms with Gasteiger partial charge in [-0.1, -0.05) is 35.6 Å². The summed E-state index contributed by atoms with van der Waals surface area (Å²) in [5.74, 6) is 6.80. The molecule has 0 spiro atoms. The van der Waals surface area contributed by atoms with Crippen LogP contribution < -0.4 is 16.4 Å². The number of anilines is 1. The number of hydrogen-bond donors (Lipinski definition) is 3. The molecule has 1 aliphatic heterocycles. The number of nitrogens with two attached hydrogens (primary N) is 1. The Labute approximate surface area is 271 Å². The van der Waals surface area contributed by atoms with E-state index < -0.39 is 6.04 Å². The fourth-order valence-corrected chi connectivity index (χ4v) is 6.21. The predicted molar refractivity (Wildman–Crippen MR) is 178 cm³/mol. The zero-order valence-electron chi connectivity index (χ0n) is 24.6. The van der Waals surface area contributed by atoms with Crippen LogP contribution in [0.15, 0.2) is 53.5 Å². The number of aromatic nitrogens is 3. The van der Waals surface area contributed by atoms with E-state index in [-0.39, 0.29) is 37.1 Å². The number of carbonyl (C=O) groups excluding carboxylic acids is 2. The molecule has 1 aliphatic rings. The van der Waals surface area contributed by atoms with Gasteiger partial charge in [-0.05, 0) is 69.2 Å². The van der Waals surface area contributed by atoms with Crippen LogP contribution in [0.1, 0.15) is 64.1 Å². The molecule has 0 saturated heterocycles. The predicted octanol–water partition coefficient (Wildman–Crippen LogP) is 5.46. The quantitative estimate of drug-likeness (QED) is 0.173. The Bertz CT molecular complexity index is 1750. The molecule has 2 aromatic heterocycles. The molecule has 0 bridgehead atoms. The average Bonchev–Trinajstić information content (AvgIpc) is 3.47. The molecule has 4 aromatic rings. The van der Waals surface area contributed by atoms with Crippen LogP contribution in [0.2, 0.25) is 5.02 Å². The Hall–Kier alpha value is -4.01. The molecule has 1 atom stereocenters. The standard InChI is InChI=1S/C32H32ClN7O2S.ClH/c1-19-20(2)43-32-29(19)30(23-10-12-24(33)13-11-23)37-26(31-39-38-21(3)40(31)32)18-28(42)35-17-5-7-27(41)36-25-14-8-22(9-15-25)6-4-16-34;/h8-15,26H,5,7,16-18,34H2,1-3H3,(H,35,42)(H,36,41);1H/t26-;/m0./s1. The van der Waals surface area contributed by atoms with Gasteiger partial charge in [-0.3, -0.25) is 19.1 Å². The van der Waals surface area contributed by atoms with Crippen molar-refractivity contribution in [3.05, 3.63) is 92.3 Å². The van der Waals surface area contributed by atoms with Crippen LogP contribution in [0.4, 0.5) is 5.69 Å². The highest BCUT2D eigenvalue weighted by atomic mass is 35.5. The molecular weight excluding hydrogens is 617 g/mol. The highest BCUT2D eigenvalue weighted by molar-refractivity contribution is 7.15. The molecule has 5 rings (SSSR count). The number of hydrogen-bond acceptors (Lipinski definition) is 7. The minimum absolute atomic E-state index is 0. The average molecular weight is 651 g/mol. The van der Waals surface area contributed by atoms with E-state index in [4.69, 9.17) is 22.3 Å². The molecule has 12 heteroatoms. The van der Waals surface area contributed by atoms with Crippen LogP contribution in [0.3, 0.4) is 0 Å². The summed E-state index contributed by atoms with van der Waals surface area (Å²) in [6.07, 6.45) is 0.851. The monoisotopic (exact) mass is 649 g/mol. The number of aliphatic imine (C=N–C) groups is 1.